The fraction of sp³-hybridized carbons (Fsp3) is 0. The first-order valence-electron chi connectivity index (χ1n) is 0.612. The van der Waals surface area contributed by atoms with Gasteiger partial charge in [0.2, 0.25) is 0 Å². The zero-order valence-electron chi connectivity index (χ0n) is 8.72. The van der Waals surface area contributed by atoms with Gasteiger partial charge >= 0.3 is 59.1 Å². The van der Waals surface area contributed by atoms with Gasteiger partial charge in [-0.15, -0.1) is 0 Å². The fourth-order valence-electron chi connectivity index (χ4n) is 0. The van der Waals surface area contributed by atoms with Crippen molar-refractivity contribution in [1.29, 1.82) is 0 Å². The molecule has 16 heteroatoms. The number of hydrogen-bond donors (Lipinski definition) is 0. The van der Waals surface area contributed by atoms with Crippen LogP contribution in [0.5, 0.6) is 0 Å². The van der Waals surface area contributed by atoms with Crippen molar-refractivity contribution in [2.45, 2.75) is 0 Å². The van der Waals surface area contributed by atoms with Crippen LogP contribution in [0.4, 0.5) is 0 Å². The van der Waals surface area contributed by atoms with Crippen LogP contribution in [-0.2, 0) is 4.46 Å². The van der Waals surface area contributed by atoms with E-state index >= 15 is 0 Å². The standard InChI is InChI=1S/2Na.O3Si.10H2O/c;;1-4(2)3;;;;;;;;;;/h;;;10*1H2/q2*+1;-2;;;;;;;;;;. The first-order valence-corrected chi connectivity index (χ1v) is 1.84. The Labute approximate surface area is 136 Å². The summed E-state index contributed by atoms with van der Waals surface area (Å²) in [6.07, 6.45) is 0. The van der Waals surface area contributed by atoms with Crippen LogP contribution >= 0.6 is 0 Å². The largest absolute Gasteiger partial charge is 1.00 e. The molecule has 16 heavy (non-hydrogen) atoms. The monoisotopic (exact) mass is 302 g/mol. The molecule has 0 fully saturated rings. The van der Waals surface area contributed by atoms with Crippen molar-refractivity contribution >= 4 is 9.17 Å². The van der Waals surface area contributed by atoms with Crippen molar-refractivity contribution in [1.82, 2.24) is 0 Å². The molecule has 20 N–H and O–H groups in total. The van der Waals surface area contributed by atoms with E-state index in [9.17, 15) is 0 Å². The van der Waals surface area contributed by atoms with Crippen LogP contribution in [0.2, 0.25) is 0 Å². The molecule has 104 valence electrons. The second kappa shape index (κ2) is 211. The van der Waals surface area contributed by atoms with Crippen molar-refractivity contribution in [3.8, 4) is 0 Å². The van der Waals surface area contributed by atoms with Gasteiger partial charge in [-0.3, -0.25) is 0 Å². The molecule has 0 aliphatic rings. The normalized spacial score (nSPS) is 1.50. The van der Waals surface area contributed by atoms with Gasteiger partial charge in [0.05, 0.1) is 0 Å². The molecule has 0 unspecified atom stereocenters. The van der Waals surface area contributed by atoms with Crippen LogP contribution in [0.25, 0.3) is 0 Å². The van der Waals surface area contributed by atoms with Crippen molar-refractivity contribution in [3.63, 3.8) is 0 Å². The summed E-state index contributed by atoms with van der Waals surface area (Å²) in [6, 6.07) is 0. The maximum absolute atomic E-state index is 8.52. The third-order valence-electron chi connectivity index (χ3n) is 0. The molecule has 13 nitrogen and oxygen atoms in total. The molecule has 0 rings (SSSR count). The Balaban J connectivity index is -0.000000000682. The predicted molar refractivity (Wildman–Crippen MR) is 42.6 cm³/mol. The van der Waals surface area contributed by atoms with E-state index in [0.29, 0.717) is 0 Å². The molecule has 0 atom stereocenters. The number of rotatable bonds is 0. The first kappa shape index (κ1) is 255. The molecular formula is H20Na2O13Si. The molecule has 0 amide bonds. The Kier molecular flexibility index (Phi) is 3360. The van der Waals surface area contributed by atoms with Gasteiger partial charge in [-0.2, -0.15) is 0 Å². The zero-order chi connectivity index (χ0) is 3.58. The Morgan fingerprint density at radius 3 is 0.500 bits per heavy atom. The van der Waals surface area contributed by atoms with Gasteiger partial charge in [0.1, 0.15) is 0 Å². The smallest absolute Gasteiger partial charge is 0.672 e. The molecule has 0 heterocycles. The number of hydrogen-bond acceptors (Lipinski definition) is 3. The Hall–Kier alpha value is 1.22. The third kappa shape index (κ3) is 2080. The fourth-order valence-corrected chi connectivity index (χ4v) is 0. The predicted octanol–water partition coefficient (Wildman–Crippen LogP) is -17.1. The van der Waals surface area contributed by atoms with Crippen LogP contribution < -0.4 is 68.7 Å². The maximum Gasteiger partial charge on any atom is 1.00 e. The molecule has 0 aromatic heterocycles. The van der Waals surface area contributed by atoms with E-state index in [1.54, 1.807) is 0 Å². The quantitative estimate of drug-likeness (QED) is 0.393. The van der Waals surface area contributed by atoms with Gasteiger partial charge in [-0.25, -0.2) is 0 Å². The second-order valence-corrected chi connectivity index (χ2v) is 0.750. The average molecular weight is 302 g/mol. The summed E-state index contributed by atoms with van der Waals surface area (Å²) < 4.78 is 8.52. The molecule has 0 aromatic carbocycles. The Bertz CT molecular complexity index is 36.9. The van der Waals surface area contributed by atoms with Gasteiger partial charge in [0, 0.05) is 9.17 Å². The molecule has 0 aromatic rings. The van der Waals surface area contributed by atoms with Crippen LogP contribution in [0, 0.1) is 0 Å². The summed E-state index contributed by atoms with van der Waals surface area (Å²) in [7, 11) is -3.63. The van der Waals surface area contributed by atoms with Gasteiger partial charge < -0.3 is 68.8 Å². The molecule has 0 bridgehead atoms. The van der Waals surface area contributed by atoms with E-state index in [2.05, 4.69) is 0 Å². The molecular weight excluding hydrogens is 282 g/mol. The van der Waals surface area contributed by atoms with Crippen LogP contribution in [0.15, 0.2) is 0 Å². The van der Waals surface area contributed by atoms with Crippen LogP contribution in [0.3, 0.4) is 0 Å². The van der Waals surface area contributed by atoms with E-state index in [1.807, 2.05) is 0 Å². The summed E-state index contributed by atoms with van der Waals surface area (Å²) in [5, 5.41) is 0. The first-order chi connectivity index (χ1) is 1.73. The van der Waals surface area contributed by atoms with E-state index < -0.39 is 9.17 Å². The van der Waals surface area contributed by atoms with Gasteiger partial charge in [0.25, 0.3) is 0 Å². The van der Waals surface area contributed by atoms with E-state index in [-0.39, 0.29) is 114 Å². The van der Waals surface area contributed by atoms with Crippen molar-refractivity contribution in [3.05, 3.63) is 0 Å². The molecule has 0 saturated heterocycles. The van der Waals surface area contributed by atoms with Gasteiger partial charge in [-0.1, -0.05) is 0 Å². The summed E-state index contributed by atoms with van der Waals surface area (Å²) >= 11 is 0. The van der Waals surface area contributed by atoms with Crippen LogP contribution in [-0.4, -0.2) is 63.9 Å². The SMILES string of the molecule is O.O.O.O.O.O.O.O.O.O.O=[Si]([O-])[O-].[Na+].[Na+]. The molecule has 0 aliphatic heterocycles. The van der Waals surface area contributed by atoms with Crippen molar-refractivity contribution in [2.75, 3.05) is 0 Å². The van der Waals surface area contributed by atoms with Crippen LogP contribution in [0.1, 0.15) is 0 Å². The van der Waals surface area contributed by atoms with Gasteiger partial charge in [-0.05, 0) is 0 Å². The summed E-state index contributed by atoms with van der Waals surface area (Å²) in [5.74, 6) is 0. The zero-order valence-corrected chi connectivity index (χ0v) is 13.7. The average Bonchev–Trinajstić information content (AvgIpc) is 0.811. The maximum atomic E-state index is 8.52. The topological polar surface area (TPSA) is 378 Å². The van der Waals surface area contributed by atoms with Gasteiger partial charge in [0.15, 0.2) is 0 Å². The van der Waals surface area contributed by atoms with E-state index in [1.165, 1.54) is 0 Å². The minimum absolute atomic E-state index is 0. The van der Waals surface area contributed by atoms with E-state index in [0.717, 1.165) is 0 Å². The summed E-state index contributed by atoms with van der Waals surface area (Å²) in [6.45, 7) is 0. The second-order valence-electron chi connectivity index (χ2n) is 0.250. The van der Waals surface area contributed by atoms with Crippen molar-refractivity contribution in [2.24, 2.45) is 0 Å². The van der Waals surface area contributed by atoms with E-state index in [4.69, 9.17) is 14.1 Å². The molecule has 0 saturated carbocycles. The third-order valence-corrected chi connectivity index (χ3v) is 0. The minimum Gasteiger partial charge on any atom is -0.672 e. The molecule has 0 spiro atoms. The molecule has 0 aliphatic carbocycles. The molecule has 0 radical (unpaired) electrons. The Morgan fingerprint density at radius 1 is 0.500 bits per heavy atom. The Morgan fingerprint density at radius 2 is 0.500 bits per heavy atom. The summed E-state index contributed by atoms with van der Waals surface area (Å²) in [5.41, 5.74) is 0. The van der Waals surface area contributed by atoms with Crippen molar-refractivity contribution < 1.29 is 128 Å². The summed E-state index contributed by atoms with van der Waals surface area (Å²) in [4.78, 5) is 17.0. The minimum atomic E-state index is -3.63.